The van der Waals surface area contributed by atoms with E-state index in [4.69, 9.17) is 15.2 Å². The minimum atomic E-state index is -0.221. The number of morpholine rings is 1. The summed E-state index contributed by atoms with van der Waals surface area (Å²) in [4.78, 5) is 20.8. The summed E-state index contributed by atoms with van der Waals surface area (Å²) in [6, 6.07) is 0.661. The number of ether oxygens (including phenoxy) is 2. The standard InChI is InChI=1S/C20H39N5O3/c1-4-16(5-2)18(24-11-13-27-14-12-24)15-22-19(21)23-17-7-9-25(10-8-17)20(26)28-6-3/h16-18H,4-15H2,1-3H3,(H3,21,22,23). The van der Waals surface area contributed by atoms with Gasteiger partial charge in [0.25, 0.3) is 0 Å². The number of carbonyl (C=O) groups excluding carboxylic acids is 1. The van der Waals surface area contributed by atoms with Crippen molar-refractivity contribution in [2.45, 2.75) is 58.5 Å². The van der Waals surface area contributed by atoms with E-state index in [1.165, 1.54) is 0 Å². The Hall–Kier alpha value is -1.54. The molecule has 8 nitrogen and oxygen atoms in total. The Bertz CT molecular complexity index is 484. The van der Waals surface area contributed by atoms with Gasteiger partial charge in [-0.3, -0.25) is 9.89 Å². The van der Waals surface area contributed by atoms with Gasteiger partial charge in [-0.2, -0.15) is 0 Å². The number of likely N-dealkylation sites (tertiary alicyclic amines) is 1. The van der Waals surface area contributed by atoms with Gasteiger partial charge < -0.3 is 25.4 Å². The Morgan fingerprint density at radius 1 is 1.18 bits per heavy atom. The molecule has 2 saturated heterocycles. The van der Waals surface area contributed by atoms with Crippen LogP contribution in [0, 0.1) is 5.92 Å². The van der Waals surface area contributed by atoms with Crippen molar-refractivity contribution in [3.05, 3.63) is 0 Å². The van der Waals surface area contributed by atoms with E-state index in [2.05, 4.69) is 29.1 Å². The van der Waals surface area contributed by atoms with Gasteiger partial charge in [0.1, 0.15) is 0 Å². The van der Waals surface area contributed by atoms with Gasteiger partial charge in [0.15, 0.2) is 5.96 Å². The molecule has 0 aliphatic carbocycles. The monoisotopic (exact) mass is 397 g/mol. The molecule has 1 amide bonds. The van der Waals surface area contributed by atoms with Crippen molar-refractivity contribution >= 4 is 12.1 Å². The fourth-order valence-electron chi connectivity index (χ4n) is 4.17. The number of guanidine groups is 1. The highest BCUT2D eigenvalue weighted by molar-refractivity contribution is 5.78. The quantitative estimate of drug-likeness (QED) is 0.478. The number of aliphatic imine (C=N–C) groups is 1. The lowest BCUT2D eigenvalue weighted by molar-refractivity contribution is 0.00396. The number of carbonyl (C=O) groups is 1. The van der Waals surface area contributed by atoms with Crippen LogP contribution in [0.25, 0.3) is 0 Å². The number of hydrogen-bond acceptors (Lipinski definition) is 5. The van der Waals surface area contributed by atoms with Gasteiger partial charge >= 0.3 is 6.09 Å². The average molecular weight is 398 g/mol. The van der Waals surface area contributed by atoms with Crippen molar-refractivity contribution in [2.75, 3.05) is 52.5 Å². The van der Waals surface area contributed by atoms with E-state index < -0.39 is 0 Å². The Kier molecular flexibility index (Phi) is 9.84. The molecule has 1 atom stereocenters. The first kappa shape index (κ1) is 22.7. The molecule has 0 bridgehead atoms. The van der Waals surface area contributed by atoms with Crippen LogP contribution in [-0.4, -0.2) is 86.5 Å². The van der Waals surface area contributed by atoms with Crippen LogP contribution in [0.4, 0.5) is 4.79 Å². The number of hydrogen-bond donors (Lipinski definition) is 2. The molecule has 0 spiro atoms. The first-order valence-electron chi connectivity index (χ1n) is 10.9. The summed E-state index contributed by atoms with van der Waals surface area (Å²) in [5.41, 5.74) is 6.20. The van der Waals surface area contributed by atoms with Crippen LogP contribution >= 0.6 is 0 Å². The Morgan fingerprint density at radius 3 is 2.39 bits per heavy atom. The largest absolute Gasteiger partial charge is 0.450 e. The van der Waals surface area contributed by atoms with E-state index in [0.717, 1.165) is 52.0 Å². The highest BCUT2D eigenvalue weighted by atomic mass is 16.6. The van der Waals surface area contributed by atoms with Gasteiger partial charge in [0, 0.05) is 38.3 Å². The van der Waals surface area contributed by atoms with Crippen molar-refractivity contribution in [1.29, 1.82) is 0 Å². The first-order valence-corrected chi connectivity index (χ1v) is 10.9. The van der Waals surface area contributed by atoms with Gasteiger partial charge in [-0.25, -0.2) is 4.79 Å². The molecule has 0 aromatic rings. The molecule has 0 aromatic carbocycles. The second-order valence-electron chi connectivity index (χ2n) is 7.62. The normalized spacial score (nSPS) is 21.0. The molecule has 0 saturated carbocycles. The lowest BCUT2D eigenvalue weighted by atomic mass is 9.92. The van der Waals surface area contributed by atoms with Gasteiger partial charge in [-0.15, -0.1) is 0 Å². The molecular formula is C20H39N5O3. The summed E-state index contributed by atoms with van der Waals surface area (Å²) < 4.78 is 10.6. The molecule has 1 unspecified atom stereocenters. The Balaban J connectivity index is 1.84. The smallest absolute Gasteiger partial charge is 0.409 e. The van der Waals surface area contributed by atoms with E-state index in [1.807, 2.05) is 6.92 Å². The predicted molar refractivity (Wildman–Crippen MR) is 111 cm³/mol. The van der Waals surface area contributed by atoms with Crippen molar-refractivity contribution < 1.29 is 14.3 Å². The van der Waals surface area contributed by atoms with E-state index in [9.17, 15) is 4.79 Å². The van der Waals surface area contributed by atoms with Gasteiger partial charge in [0.2, 0.25) is 0 Å². The molecule has 0 radical (unpaired) electrons. The van der Waals surface area contributed by atoms with Gasteiger partial charge in [0.05, 0.1) is 26.4 Å². The zero-order valence-corrected chi connectivity index (χ0v) is 17.9. The third kappa shape index (κ3) is 6.81. The predicted octanol–water partition coefficient (Wildman–Crippen LogP) is 1.65. The zero-order chi connectivity index (χ0) is 20.4. The molecule has 0 aromatic heterocycles. The van der Waals surface area contributed by atoms with Crippen LogP contribution in [0.15, 0.2) is 4.99 Å². The summed E-state index contributed by atoms with van der Waals surface area (Å²) in [5.74, 6) is 1.13. The van der Waals surface area contributed by atoms with Crippen LogP contribution in [0.2, 0.25) is 0 Å². The van der Waals surface area contributed by atoms with Crippen molar-refractivity contribution in [1.82, 2.24) is 15.1 Å². The number of nitrogens with one attached hydrogen (secondary N) is 1. The van der Waals surface area contributed by atoms with E-state index in [-0.39, 0.29) is 12.1 Å². The SMILES string of the molecule is CCOC(=O)N1CCC(NC(N)=NCC(C(CC)CC)N2CCOCC2)CC1. The molecule has 2 rings (SSSR count). The van der Waals surface area contributed by atoms with Crippen LogP contribution in [0.3, 0.4) is 0 Å². The fourth-order valence-corrected chi connectivity index (χ4v) is 4.17. The number of nitrogens with two attached hydrogens (primary N) is 1. The van der Waals surface area contributed by atoms with Crippen molar-refractivity contribution in [3.63, 3.8) is 0 Å². The van der Waals surface area contributed by atoms with Crippen LogP contribution in [0.5, 0.6) is 0 Å². The van der Waals surface area contributed by atoms with E-state index in [0.29, 0.717) is 44.2 Å². The summed E-state index contributed by atoms with van der Waals surface area (Å²) >= 11 is 0. The average Bonchev–Trinajstić information content (AvgIpc) is 2.72. The molecule has 2 aliphatic rings. The molecule has 2 fully saturated rings. The molecule has 8 heteroatoms. The molecular weight excluding hydrogens is 358 g/mol. The number of piperidine rings is 1. The third-order valence-corrected chi connectivity index (χ3v) is 5.93. The first-order chi connectivity index (χ1) is 13.6. The molecule has 28 heavy (non-hydrogen) atoms. The third-order valence-electron chi connectivity index (χ3n) is 5.93. The number of nitrogens with zero attached hydrogens (tertiary/aromatic N) is 3. The molecule has 162 valence electrons. The van der Waals surface area contributed by atoms with Crippen LogP contribution < -0.4 is 11.1 Å². The summed E-state index contributed by atoms with van der Waals surface area (Å²) in [6.07, 6.45) is 3.78. The molecule has 2 heterocycles. The number of rotatable bonds is 8. The van der Waals surface area contributed by atoms with Crippen molar-refractivity contribution in [2.24, 2.45) is 16.6 Å². The second-order valence-corrected chi connectivity index (χ2v) is 7.62. The lowest BCUT2D eigenvalue weighted by Crippen LogP contribution is -2.50. The highest BCUT2D eigenvalue weighted by Gasteiger charge is 2.27. The van der Waals surface area contributed by atoms with E-state index >= 15 is 0 Å². The minimum absolute atomic E-state index is 0.221. The summed E-state index contributed by atoms with van der Waals surface area (Å²) in [6.45, 7) is 12.4. The fraction of sp³-hybridized carbons (Fsp3) is 0.900. The van der Waals surface area contributed by atoms with Gasteiger partial charge in [-0.1, -0.05) is 26.7 Å². The second kappa shape index (κ2) is 12.1. The molecule has 2 aliphatic heterocycles. The summed E-state index contributed by atoms with van der Waals surface area (Å²) in [5, 5.41) is 3.35. The maximum atomic E-state index is 11.8. The van der Waals surface area contributed by atoms with Gasteiger partial charge in [-0.05, 0) is 25.7 Å². The maximum absolute atomic E-state index is 11.8. The molecule has 3 N–H and O–H groups in total. The zero-order valence-electron chi connectivity index (χ0n) is 17.9. The Labute approximate surface area is 169 Å². The highest BCUT2D eigenvalue weighted by Crippen LogP contribution is 2.20. The maximum Gasteiger partial charge on any atom is 0.409 e. The van der Waals surface area contributed by atoms with Crippen LogP contribution in [-0.2, 0) is 9.47 Å². The van der Waals surface area contributed by atoms with E-state index in [1.54, 1.807) is 4.90 Å². The topological polar surface area (TPSA) is 92.4 Å². The number of amides is 1. The summed E-state index contributed by atoms with van der Waals surface area (Å²) in [7, 11) is 0. The van der Waals surface area contributed by atoms with Crippen molar-refractivity contribution in [3.8, 4) is 0 Å². The Morgan fingerprint density at radius 2 is 1.82 bits per heavy atom. The van der Waals surface area contributed by atoms with Crippen LogP contribution in [0.1, 0.15) is 46.5 Å². The minimum Gasteiger partial charge on any atom is -0.450 e. The lowest BCUT2D eigenvalue weighted by Gasteiger charge is -2.38.